The number of hydrogen-bond donors (Lipinski definition) is 2. The van der Waals surface area contributed by atoms with Crippen LogP contribution in [0.1, 0.15) is 30.6 Å². The summed E-state index contributed by atoms with van der Waals surface area (Å²) in [5.74, 6) is 0.647. The number of carbonyl (C=O) groups is 1. The molecule has 0 saturated carbocycles. The maximum Gasteiger partial charge on any atom is 0.308 e. The van der Waals surface area contributed by atoms with Gasteiger partial charge in [-0.25, -0.2) is 0 Å². The van der Waals surface area contributed by atoms with Crippen LogP contribution in [0.4, 0.5) is 0 Å². The van der Waals surface area contributed by atoms with Crippen molar-refractivity contribution in [3.8, 4) is 23.0 Å². The van der Waals surface area contributed by atoms with E-state index in [1.54, 1.807) is 24.3 Å². The molecule has 0 saturated heterocycles. The molecule has 1 atom stereocenters. The topological polar surface area (TPSA) is 76.0 Å². The van der Waals surface area contributed by atoms with Crippen LogP contribution in [0.15, 0.2) is 36.4 Å². The van der Waals surface area contributed by atoms with Gasteiger partial charge in [0.1, 0.15) is 29.1 Å². The first-order valence-electron chi connectivity index (χ1n) is 7.03. The average Bonchev–Trinajstić information content (AvgIpc) is 2.46. The summed E-state index contributed by atoms with van der Waals surface area (Å²) in [5, 5.41) is 19.7. The zero-order chi connectivity index (χ0) is 15.7. The van der Waals surface area contributed by atoms with E-state index in [-0.39, 0.29) is 17.6 Å². The van der Waals surface area contributed by atoms with E-state index in [1.165, 1.54) is 13.0 Å². The standard InChI is InChI=1S/C17H16O5/c1-10(18)21-13-5-6-14(15(20)9-13)16-7-3-11-2-4-12(19)8-17(11)22-16/h2,4-6,8-9,16,19-20H,3,7H2,1H3. The molecule has 0 bridgehead atoms. The summed E-state index contributed by atoms with van der Waals surface area (Å²) in [6, 6.07) is 9.76. The van der Waals surface area contributed by atoms with E-state index in [9.17, 15) is 15.0 Å². The van der Waals surface area contributed by atoms with Crippen LogP contribution < -0.4 is 9.47 Å². The van der Waals surface area contributed by atoms with Gasteiger partial charge in [-0.05, 0) is 36.6 Å². The van der Waals surface area contributed by atoms with Crippen LogP contribution in [-0.4, -0.2) is 16.2 Å². The summed E-state index contributed by atoms with van der Waals surface area (Å²) >= 11 is 0. The molecule has 0 amide bonds. The highest BCUT2D eigenvalue weighted by Crippen LogP contribution is 2.40. The second kappa shape index (κ2) is 5.60. The van der Waals surface area contributed by atoms with Crippen LogP contribution in [0.5, 0.6) is 23.0 Å². The zero-order valence-corrected chi connectivity index (χ0v) is 12.1. The van der Waals surface area contributed by atoms with Crippen molar-refractivity contribution in [3.63, 3.8) is 0 Å². The molecule has 0 aromatic heterocycles. The second-order valence-electron chi connectivity index (χ2n) is 5.25. The van der Waals surface area contributed by atoms with Crippen LogP contribution in [0.3, 0.4) is 0 Å². The van der Waals surface area contributed by atoms with Gasteiger partial charge in [-0.15, -0.1) is 0 Å². The molecule has 2 aromatic rings. The molecule has 0 aliphatic carbocycles. The monoisotopic (exact) mass is 300 g/mol. The maximum atomic E-state index is 10.9. The molecule has 3 rings (SSSR count). The minimum atomic E-state index is -0.439. The number of carbonyl (C=O) groups excluding carboxylic acids is 1. The normalized spacial score (nSPS) is 16.5. The SMILES string of the molecule is CC(=O)Oc1ccc(C2CCc3ccc(O)cc3O2)c(O)c1. The van der Waals surface area contributed by atoms with Gasteiger partial charge in [-0.3, -0.25) is 4.79 Å². The molecule has 2 N–H and O–H groups in total. The summed E-state index contributed by atoms with van der Waals surface area (Å²) in [7, 11) is 0. The van der Waals surface area contributed by atoms with E-state index in [2.05, 4.69) is 0 Å². The Labute approximate surface area is 127 Å². The third-order valence-electron chi connectivity index (χ3n) is 3.61. The second-order valence-corrected chi connectivity index (χ2v) is 5.25. The number of phenolic OH excluding ortho intramolecular Hbond substituents is 2. The Balaban J connectivity index is 1.85. The van der Waals surface area contributed by atoms with Crippen molar-refractivity contribution in [2.75, 3.05) is 0 Å². The fraction of sp³-hybridized carbons (Fsp3) is 0.235. The van der Waals surface area contributed by atoms with Crippen LogP contribution in [0, 0.1) is 0 Å². The molecule has 1 heterocycles. The van der Waals surface area contributed by atoms with Crippen LogP contribution in [0.25, 0.3) is 0 Å². The number of phenols is 2. The third kappa shape index (κ3) is 2.83. The number of fused-ring (bicyclic) bond motifs is 1. The summed E-state index contributed by atoms with van der Waals surface area (Å²) in [4.78, 5) is 10.9. The Morgan fingerprint density at radius 3 is 2.77 bits per heavy atom. The van der Waals surface area contributed by atoms with Gasteiger partial charge in [-0.2, -0.15) is 0 Å². The quantitative estimate of drug-likeness (QED) is 0.658. The minimum Gasteiger partial charge on any atom is -0.508 e. The number of rotatable bonds is 2. The van der Waals surface area contributed by atoms with E-state index in [4.69, 9.17) is 9.47 Å². The zero-order valence-electron chi connectivity index (χ0n) is 12.1. The molecule has 114 valence electrons. The molecule has 22 heavy (non-hydrogen) atoms. The lowest BCUT2D eigenvalue weighted by Crippen LogP contribution is -2.15. The van der Waals surface area contributed by atoms with Crippen molar-refractivity contribution in [1.82, 2.24) is 0 Å². The Kier molecular flexibility index (Phi) is 3.63. The number of benzene rings is 2. The smallest absolute Gasteiger partial charge is 0.308 e. The lowest BCUT2D eigenvalue weighted by Gasteiger charge is -2.27. The number of hydrogen-bond acceptors (Lipinski definition) is 5. The molecule has 0 fully saturated rings. The first-order chi connectivity index (χ1) is 10.5. The van der Waals surface area contributed by atoms with Crippen molar-refractivity contribution in [3.05, 3.63) is 47.5 Å². The van der Waals surface area contributed by atoms with E-state index in [0.717, 1.165) is 18.4 Å². The van der Waals surface area contributed by atoms with Crippen molar-refractivity contribution >= 4 is 5.97 Å². The van der Waals surface area contributed by atoms with Gasteiger partial charge < -0.3 is 19.7 Å². The Hall–Kier alpha value is -2.69. The minimum absolute atomic E-state index is 0.0207. The molecule has 1 aliphatic rings. The molecule has 2 aromatic carbocycles. The van der Waals surface area contributed by atoms with Crippen molar-refractivity contribution < 1.29 is 24.5 Å². The average molecular weight is 300 g/mol. The predicted molar refractivity (Wildman–Crippen MR) is 79.2 cm³/mol. The first-order valence-corrected chi connectivity index (χ1v) is 7.03. The molecule has 1 unspecified atom stereocenters. The van der Waals surface area contributed by atoms with Crippen molar-refractivity contribution in [2.24, 2.45) is 0 Å². The maximum absolute atomic E-state index is 10.9. The highest BCUT2D eigenvalue weighted by molar-refractivity contribution is 5.69. The van der Waals surface area contributed by atoms with Gasteiger partial charge in [0.2, 0.25) is 0 Å². The van der Waals surface area contributed by atoms with Gasteiger partial charge in [0.15, 0.2) is 0 Å². The molecule has 5 nitrogen and oxygen atoms in total. The van der Waals surface area contributed by atoms with Gasteiger partial charge in [0.05, 0.1) is 0 Å². The largest absolute Gasteiger partial charge is 0.508 e. The molecule has 0 spiro atoms. The Bertz CT molecular complexity index is 723. The van der Waals surface area contributed by atoms with Crippen LogP contribution in [-0.2, 0) is 11.2 Å². The van der Waals surface area contributed by atoms with Crippen molar-refractivity contribution in [1.29, 1.82) is 0 Å². The van der Waals surface area contributed by atoms with E-state index in [0.29, 0.717) is 17.1 Å². The summed E-state index contributed by atoms with van der Waals surface area (Å²) in [6.45, 7) is 1.30. The number of aryl methyl sites for hydroxylation is 1. The fourth-order valence-electron chi connectivity index (χ4n) is 2.60. The third-order valence-corrected chi connectivity index (χ3v) is 3.61. The predicted octanol–water partition coefficient (Wildman–Crippen LogP) is 3.09. The van der Waals surface area contributed by atoms with Gasteiger partial charge in [-0.1, -0.05) is 6.07 Å². The number of aromatic hydroxyl groups is 2. The van der Waals surface area contributed by atoms with Crippen LogP contribution >= 0.6 is 0 Å². The van der Waals surface area contributed by atoms with Gasteiger partial charge in [0.25, 0.3) is 0 Å². The summed E-state index contributed by atoms with van der Waals surface area (Å²) < 4.78 is 10.8. The first kappa shape index (κ1) is 14.3. The summed E-state index contributed by atoms with van der Waals surface area (Å²) in [6.07, 6.45) is 1.21. The van der Waals surface area contributed by atoms with E-state index < -0.39 is 5.97 Å². The molecule has 1 aliphatic heterocycles. The van der Waals surface area contributed by atoms with Gasteiger partial charge >= 0.3 is 5.97 Å². The number of ether oxygens (including phenoxy) is 2. The highest BCUT2D eigenvalue weighted by Gasteiger charge is 2.24. The van der Waals surface area contributed by atoms with E-state index >= 15 is 0 Å². The summed E-state index contributed by atoms with van der Waals surface area (Å²) in [5.41, 5.74) is 1.66. The molecular formula is C17H16O5. The van der Waals surface area contributed by atoms with Gasteiger partial charge in [0, 0.05) is 24.6 Å². The van der Waals surface area contributed by atoms with Crippen molar-refractivity contribution in [2.45, 2.75) is 25.9 Å². The number of esters is 1. The molecule has 0 radical (unpaired) electrons. The molecular weight excluding hydrogens is 284 g/mol. The lowest BCUT2D eigenvalue weighted by molar-refractivity contribution is -0.131. The van der Waals surface area contributed by atoms with Crippen LogP contribution in [0.2, 0.25) is 0 Å². The fourth-order valence-corrected chi connectivity index (χ4v) is 2.60. The Morgan fingerprint density at radius 1 is 1.23 bits per heavy atom. The highest BCUT2D eigenvalue weighted by atomic mass is 16.5. The van der Waals surface area contributed by atoms with E-state index in [1.807, 2.05) is 6.07 Å². The lowest BCUT2D eigenvalue weighted by atomic mass is 9.96. The molecule has 5 heteroatoms. The Morgan fingerprint density at radius 2 is 2.05 bits per heavy atom.